The van der Waals surface area contributed by atoms with Crippen molar-refractivity contribution in [2.24, 2.45) is 0 Å². The van der Waals surface area contributed by atoms with Crippen molar-refractivity contribution in [2.45, 2.75) is 19.9 Å². The van der Waals surface area contributed by atoms with E-state index in [1.54, 1.807) is 11.3 Å². The summed E-state index contributed by atoms with van der Waals surface area (Å²) in [6.07, 6.45) is 2.83. The largest absolute Gasteiger partial charge is 0.344 e. The van der Waals surface area contributed by atoms with Gasteiger partial charge in [0.25, 0.3) is 5.91 Å². The fourth-order valence-electron chi connectivity index (χ4n) is 1.97. The molecule has 5 nitrogen and oxygen atoms in total. The zero-order valence-corrected chi connectivity index (χ0v) is 11.8. The van der Waals surface area contributed by atoms with Gasteiger partial charge in [0.2, 0.25) is 0 Å². The van der Waals surface area contributed by atoms with E-state index >= 15 is 0 Å². The van der Waals surface area contributed by atoms with Gasteiger partial charge >= 0.3 is 0 Å². The van der Waals surface area contributed by atoms with Crippen molar-refractivity contribution in [3.63, 3.8) is 0 Å². The Labute approximate surface area is 120 Å². The van der Waals surface area contributed by atoms with E-state index < -0.39 is 0 Å². The molecule has 2 N–H and O–H groups in total. The van der Waals surface area contributed by atoms with Crippen LogP contribution in [0.5, 0.6) is 0 Å². The van der Waals surface area contributed by atoms with Crippen LogP contribution in [0.3, 0.4) is 0 Å². The maximum Gasteiger partial charge on any atom is 0.272 e. The predicted molar refractivity (Wildman–Crippen MR) is 78.8 cm³/mol. The standard InChI is InChI=1S/C14H14N4OS/c1-2-9-7-15-12(20-9)8-16-14(19)13-10-5-3-4-6-11(10)17-18-13/h3-7H,2,8H2,1H3,(H,16,19)(H,17,18). The van der Waals surface area contributed by atoms with Gasteiger partial charge in [-0.2, -0.15) is 5.10 Å². The second kappa shape index (κ2) is 5.42. The average molecular weight is 286 g/mol. The Bertz CT molecular complexity index is 746. The molecule has 0 atom stereocenters. The summed E-state index contributed by atoms with van der Waals surface area (Å²) in [6, 6.07) is 7.58. The number of para-hydroxylation sites is 1. The minimum absolute atomic E-state index is 0.185. The van der Waals surface area contributed by atoms with Gasteiger partial charge < -0.3 is 5.32 Å². The Morgan fingerprint density at radius 3 is 3.05 bits per heavy atom. The summed E-state index contributed by atoms with van der Waals surface area (Å²) in [5.41, 5.74) is 1.29. The van der Waals surface area contributed by atoms with Crippen molar-refractivity contribution in [1.29, 1.82) is 0 Å². The van der Waals surface area contributed by atoms with Crippen molar-refractivity contribution in [3.05, 3.63) is 46.0 Å². The normalized spacial score (nSPS) is 10.8. The van der Waals surface area contributed by atoms with Gasteiger partial charge in [0, 0.05) is 16.5 Å². The molecular formula is C14H14N4OS. The number of nitrogens with zero attached hydrogens (tertiary/aromatic N) is 2. The smallest absolute Gasteiger partial charge is 0.272 e. The van der Waals surface area contributed by atoms with Gasteiger partial charge in [-0.15, -0.1) is 11.3 Å². The second-order valence-corrected chi connectivity index (χ2v) is 5.57. The van der Waals surface area contributed by atoms with Crippen LogP contribution in [0, 0.1) is 0 Å². The minimum atomic E-state index is -0.185. The van der Waals surface area contributed by atoms with Crippen molar-refractivity contribution >= 4 is 28.1 Å². The number of hydrogen-bond acceptors (Lipinski definition) is 4. The second-order valence-electron chi connectivity index (χ2n) is 4.37. The first-order valence-corrected chi connectivity index (χ1v) is 7.24. The molecule has 0 aliphatic heterocycles. The molecule has 0 radical (unpaired) electrons. The van der Waals surface area contributed by atoms with E-state index in [1.165, 1.54) is 4.88 Å². The molecule has 1 amide bonds. The number of aromatic amines is 1. The van der Waals surface area contributed by atoms with Gasteiger partial charge in [0.1, 0.15) is 5.01 Å². The van der Waals surface area contributed by atoms with Crippen molar-refractivity contribution < 1.29 is 4.79 Å². The molecule has 6 heteroatoms. The van der Waals surface area contributed by atoms with Crippen LogP contribution < -0.4 is 5.32 Å². The molecular weight excluding hydrogens is 272 g/mol. The number of carbonyl (C=O) groups is 1. The van der Waals surface area contributed by atoms with Crippen LogP contribution in [0.4, 0.5) is 0 Å². The predicted octanol–water partition coefficient (Wildman–Crippen LogP) is 2.51. The quantitative estimate of drug-likeness (QED) is 0.774. The van der Waals surface area contributed by atoms with E-state index in [0.717, 1.165) is 22.3 Å². The van der Waals surface area contributed by atoms with Crippen LogP contribution in [-0.2, 0) is 13.0 Å². The summed E-state index contributed by atoms with van der Waals surface area (Å²) < 4.78 is 0. The van der Waals surface area contributed by atoms with Gasteiger partial charge in [-0.1, -0.05) is 25.1 Å². The number of aryl methyl sites for hydroxylation is 1. The molecule has 0 spiro atoms. The van der Waals surface area contributed by atoms with Gasteiger partial charge in [-0.3, -0.25) is 9.89 Å². The Balaban J connectivity index is 1.73. The summed E-state index contributed by atoms with van der Waals surface area (Å²) >= 11 is 1.62. The maximum atomic E-state index is 12.2. The summed E-state index contributed by atoms with van der Waals surface area (Å²) in [5, 5.41) is 11.5. The van der Waals surface area contributed by atoms with E-state index in [-0.39, 0.29) is 5.91 Å². The highest BCUT2D eigenvalue weighted by atomic mass is 32.1. The number of carbonyl (C=O) groups excluding carboxylic acids is 1. The van der Waals surface area contributed by atoms with Gasteiger partial charge in [-0.25, -0.2) is 4.98 Å². The number of amides is 1. The number of aromatic nitrogens is 3. The Kier molecular flexibility index (Phi) is 3.47. The van der Waals surface area contributed by atoms with Crippen LogP contribution in [0.1, 0.15) is 27.3 Å². The molecule has 102 valence electrons. The molecule has 3 aromatic rings. The van der Waals surface area contributed by atoms with E-state index in [9.17, 15) is 4.79 Å². The number of nitrogens with one attached hydrogen (secondary N) is 2. The van der Waals surface area contributed by atoms with Gasteiger partial charge in [-0.05, 0) is 12.5 Å². The van der Waals surface area contributed by atoms with E-state index in [2.05, 4.69) is 27.4 Å². The molecule has 20 heavy (non-hydrogen) atoms. The lowest BCUT2D eigenvalue weighted by atomic mass is 10.2. The fourth-order valence-corrected chi connectivity index (χ4v) is 2.77. The SMILES string of the molecule is CCc1cnc(CNC(=O)c2n[nH]c3ccccc23)s1. The zero-order valence-electron chi connectivity index (χ0n) is 11.0. The molecule has 0 fully saturated rings. The number of benzene rings is 1. The van der Waals surface area contributed by atoms with Crippen LogP contribution in [0.15, 0.2) is 30.5 Å². The molecule has 1 aromatic carbocycles. The van der Waals surface area contributed by atoms with Crippen molar-refractivity contribution in [2.75, 3.05) is 0 Å². The highest BCUT2D eigenvalue weighted by Crippen LogP contribution is 2.16. The molecule has 3 rings (SSSR count). The van der Waals surface area contributed by atoms with E-state index in [0.29, 0.717) is 12.2 Å². The van der Waals surface area contributed by atoms with Crippen LogP contribution in [-0.4, -0.2) is 21.1 Å². The summed E-state index contributed by atoms with van der Waals surface area (Å²) in [7, 11) is 0. The monoisotopic (exact) mass is 286 g/mol. The van der Waals surface area contributed by atoms with Crippen molar-refractivity contribution in [1.82, 2.24) is 20.5 Å². The van der Waals surface area contributed by atoms with E-state index in [4.69, 9.17) is 0 Å². The highest BCUT2D eigenvalue weighted by Gasteiger charge is 2.13. The maximum absolute atomic E-state index is 12.2. The Hall–Kier alpha value is -2.21. The number of hydrogen-bond donors (Lipinski definition) is 2. The molecule has 0 saturated carbocycles. The lowest BCUT2D eigenvalue weighted by molar-refractivity contribution is 0.0947. The van der Waals surface area contributed by atoms with Gasteiger partial charge in [0.15, 0.2) is 5.69 Å². The molecule has 0 aliphatic carbocycles. The molecule has 0 saturated heterocycles. The topological polar surface area (TPSA) is 70.7 Å². The Morgan fingerprint density at radius 2 is 2.25 bits per heavy atom. The average Bonchev–Trinajstić information content (AvgIpc) is 3.11. The van der Waals surface area contributed by atoms with E-state index in [1.807, 2.05) is 30.5 Å². The first-order valence-electron chi connectivity index (χ1n) is 6.43. The number of fused-ring (bicyclic) bond motifs is 1. The fraction of sp³-hybridized carbons (Fsp3) is 0.214. The number of H-pyrrole nitrogens is 1. The molecule has 2 aromatic heterocycles. The van der Waals surface area contributed by atoms with Crippen LogP contribution >= 0.6 is 11.3 Å². The third-order valence-corrected chi connectivity index (χ3v) is 4.18. The summed E-state index contributed by atoms with van der Waals surface area (Å²) in [5.74, 6) is -0.185. The third kappa shape index (κ3) is 2.42. The third-order valence-electron chi connectivity index (χ3n) is 3.04. The molecule has 0 aliphatic rings. The van der Waals surface area contributed by atoms with Gasteiger partial charge in [0.05, 0.1) is 12.1 Å². The first kappa shape index (κ1) is 12.8. The molecule has 0 unspecified atom stereocenters. The minimum Gasteiger partial charge on any atom is -0.344 e. The molecule has 0 bridgehead atoms. The first-order chi connectivity index (χ1) is 9.78. The number of rotatable bonds is 4. The Morgan fingerprint density at radius 1 is 1.40 bits per heavy atom. The summed E-state index contributed by atoms with van der Waals surface area (Å²) in [6.45, 7) is 2.52. The van der Waals surface area contributed by atoms with Crippen molar-refractivity contribution in [3.8, 4) is 0 Å². The summed E-state index contributed by atoms with van der Waals surface area (Å²) in [4.78, 5) is 17.7. The van der Waals surface area contributed by atoms with Crippen LogP contribution in [0.2, 0.25) is 0 Å². The zero-order chi connectivity index (χ0) is 13.9. The molecule has 2 heterocycles. The number of thiazole rings is 1. The lowest BCUT2D eigenvalue weighted by Gasteiger charge is -2.00. The van der Waals surface area contributed by atoms with Crippen LogP contribution in [0.25, 0.3) is 10.9 Å². The highest BCUT2D eigenvalue weighted by molar-refractivity contribution is 7.11. The lowest BCUT2D eigenvalue weighted by Crippen LogP contribution is -2.23.